The van der Waals surface area contributed by atoms with Crippen molar-refractivity contribution in [1.82, 2.24) is 4.90 Å². The van der Waals surface area contributed by atoms with Crippen molar-refractivity contribution in [3.8, 4) is 0 Å². The van der Waals surface area contributed by atoms with Crippen LogP contribution < -0.4 is 5.01 Å². The molecule has 2 aromatic rings. The highest BCUT2D eigenvalue weighted by atomic mass is 19.4. The van der Waals surface area contributed by atoms with Crippen molar-refractivity contribution in [2.45, 2.75) is 26.1 Å². The molecular weight excluding hydrogens is 430 g/mol. The molecule has 1 fully saturated rings. The molecule has 2 aliphatic rings. The predicted molar refractivity (Wildman–Crippen MR) is 108 cm³/mol. The first kappa shape index (κ1) is 21.9. The number of fused-ring (bicyclic) bond motifs is 1. The topological polar surface area (TPSA) is 73.2 Å². The van der Waals surface area contributed by atoms with E-state index in [1.807, 2.05) is 4.90 Å². The Morgan fingerprint density at radius 3 is 2.50 bits per heavy atom. The number of aromatic carboxylic acids is 1. The highest BCUT2D eigenvalue weighted by Gasteiger charge is 2.50. The molecule has 32 heavy (non-hydrogen) atoms. The molecule has 1 amide bonds. The number of benzene rings is 2. The molecule has 0 bridgehead atoms. The minimum Gasteiger partial charge on any atom is -0.478 e. The molecule has 2 aliphatic heterocycles. The maximum Gasteiger partial charge on any atom is 0.419 e. The number of alkyl halides is 3. The quantitative estimate of drug-likeness (QED) is 0.712. The Bertz CT molecular complexity index is 1110. The second kappa shape index (κ2) is 7.70. The van der Waals surface area contributed by atoms with Crippen LogP contribution in [0.25, 0.3) is 0 Å². The van der Waals surface area contributed by atoms with Gasteiger partial charge in [-0.25, -0.2) is 9.18 Å². The molecule has 0 spiro atoms. The molecule has 1 unspecified atom stereocenters. The van der Waals surface area contributed by atoms with Gasteiger partial charge in [0.2, 0.25) is 0 Å². The summed E-state index contributed by atoms with van der Waals surface area (Å²) in [5, 5.41) is 14.2. The molecule has 168 valence electrons. The number of nitrogens with zero attached hydrogens (tertiary/aromatic N) is 3. The highest BCUT2D eigenvalue weighted by Crippen LogP contribution is 2.40. The lowest BCUT2D eigenvalue weighted by Crippen LogP contribution is -2.50. The van der Waals surface area contributed by atoms with Gasteiger partial charge in [-0.3, -0.25) is 9.69 Å². The van der Waals surface area contributed by atoms with E-state index in [0.717, 1.165) is 16.6 Å². The fourth-order valence-corrected chi connectivity index (χ4v) is 4.09. The van der Waals surface area contributed by atoms with Crippen molar-refractivity contribution in [3.05, 3.63) is 65.0 Å². The van der Waals surface area contributed by atoms with Crippen LogP contribution in [0.4, 0.5) is 23.2 Å². The van der Waals surface area contributed by atoms with Gasteiger partial charge >= 0.3 is 12.1 Å². The number of likely N-dealkylation sites (tertiary alicyclic amines) is 1. The average Bonchev–Trinajstić information content (AvgIpc) is 2.98. The van der Waals surface area contributed by atoms with Crippen molar-refractivity contribution in [2.75, 3.05) is 18.1 Å². The van der Waals surface area contributed by atoms with E-state index in [1.54, 1.807) is 19.1 Å². The summed E-state index contributed by atoms with van der Waals surface area (Å²) < 4.78 is 52.9. The van der Waals surface area contributed by atoms with Crippen LogP contribution in [0.5, 0.6) is 0 Å². The van der Waals surface area contributed by atoms with E-state index in [2.05, 4.69) is 5.10 Å². The molecule has 10 heteroatoms. The van der Waals surface area contributed by atoms with Crippen LogP contribution in [0.15, 0.2) is 47.6 Å². The Kier molecular flexibility index (Phi) is 5.28. The summed E-state index contributed by atoms with van der Waals surface area (Å²) in [6.45, 7) is 3.05. The van der Waals surface area contributed by atoms with Crippen LogP contribution in [0, 0.1) is 11.2 Å². The number of carbonyl (C=O) groups is 2. The van der Waals surface area contributed by atoms with Gasteiger partial charge in [-0.05, 0) is 42.8 Å². The van der Waals surface area contributed by atoms with Crippen molar-refractivity contribution in [2.24, 2.45) is 10.5 Å². The van der Waals surface area contributed by atoms with E-state index in [4.69, 9.17) is 5.11 Å². The molecule has 0 aliphatic carbocycles. The molecule has 0 radical (unpaired) electrons. The minimum absolute atomic E-state index is 0.136. The van der Waals surface area contributed by atoms with Gasteiger partial charge in [0.05, 0.1) is 22.5 Å². The number of anilines is 1. The summed E-state index contributed by atoms with van der Waals surface area (Å²) in [5.74, 6) is -2.91. The third kappa shape index (κ3) is 3.86. The normalized spacial score (nSPS) is 21.5. The molecule has 1 N–H and O–H groups in total. The number of rotatable bonds is 4. The molecular formula is C22H19F4N3O3. The van der Waals surface area contributed by atoms with Crippen LogP contribution in [-0.2, 0) is 17.5 Å². The second-order valence-electron chi connectivity index (χ2n) is 8.12. The SMILES string of the molecule is CC12CN(Cc3ccc(C(=O)O)cc3)CCC1=NN(c1ccc(F)c(C(F)(F)F)c1)C2=O. The third-order valence-corrected chi connectivity index (χ3v) is 5.83. The summed E-state index contributed by atoms with van der Waals surface area (Å²) in [7, 11) is 0. The Labute approximate surface area is 180 Å². The van der Waals surface area contributed by atoms with E-state index < -0.39 is 34.8 Å². The van der Waals surface area contributed by atoms with Crippen LogP contribution >= 0.6 is 0 Å². The monoisotopic (exact) mass is 449 g/mol. The van der Waals surface area contributed by atoms with Gasteiger partial charge in [0.25, 0.3) is 5.91 Å². The average molecular weight is 449 g/mol. The van der Waals surface area contributed by atoms with Crippen molar-refractivity contribution in [1.29, 1.82) is 0 Å². The van der Waals surface area contributed by atoms with E-state index in [0.29, 0.717) is 43.9 Å². The van der Waals surface area contributed by atoms with Crippen molar-refractivity contribution in [3.63, 3.8) is 0 Å². The van der Waals surface area contributed by atoms with E-state index in [9.17, 15) is 27.2 Å². The van der Waals surface area contributed by atoms with Gasteiger partial charge in [-0.2, -0.15) is 23.3 Å². The standard InChI is InChI=1S/C22H19F4N3O3/c1-21-12-28(11-13-2-4-14(5-3-13)19(30)31)9-8-18(21)27-29(20(21)32)15-6-7-17(23)16(10-15)22(24,25)26/h2-7,10H,8-9,11-12H2,1H3,(H,30,31). The van der Waals surface area contributed by atoms with Gasteiger partial charge in [-0.15, -0.1) is 0 Å². The van der Waals surface area contributed by atoms with E-state index in [-0.39, 0.29) is 11.3 Å². The molecule has 0 aromatic heterocycles. The lowest BCUT2D eigenvalue weighted by molar-refractivity contribution is -0.140. The smallest absolute Gasteiger partial charge is 0.419 e. The Balaban J connectivity index is 1.54. The van der Waals surface area contributed by atoms with Gasteiger partial charge in [-0.1, -0.05) is 12.1 Å². The molecule has 1 saturated heterocycles. The summed E-state index contributed by atoms with van der Waals surface area (Å²) >= 11 is 0. The molecule has 2 heterocycles. The van der Waals surface area contributed by atoms with Gasteiger partial charge in [0, 0.05) is 26.1 Å². The minimum atomic E-state index is -4.89. The fraction of sp³-hybridized carbons (Fsp3) is 0.318. The zero-order valence-corrected chi connectivity index (χ0v) is 17.0. The fourth-order valence-electron chi connectivity index (χ4n) is 4.09. The number of hydrazone groups is 1. The van der Waals surface area contributed by atoms with E-state index >= 15 is 0 Å². The maximum atomic E-state index is 13.6. The molecule has 6 nitrogen and oxygen atoms in total. The number of halogens is 4. The number of carboxylic acid groups (broad SMARTS) is 1. The Hall–Kier alpha value is -3.27. The predicted octanol–water partition coefficient (Wildman–Crippen LogP) is 4.16. The number of piperidine rings is 1. The molecule has 2 aromatic carbocycles. The summed E-state index contributed by atoms with van der Waals surface area (Å²) in [6.07, 6.45) is -4.45. The molecule has 4 rings (SSSR count). The molecule has 1 atom stereocenters. The summed E-state index contributed by atoms with van der Waals surface area (Å²) in [5.41, 5.74) is -0.996. The number of carbonyl (C=O) groups excluding carboxylic acids is 1. The lowest BCUT2D eigenvalue weighted by atomic mass is 9.79. The van der Waals surface area contributed by atoms with Crippen LogP contribution in [0.3, 0.4) is 0 Å². The Morgan fingerprint density at radius 2 is 1.88 bits per heavy atom. The summed E-state index contributed by atoms with van der Waals surface area (Å²) in [6, 6.07) is 8.80. The largest absolute Gasteiger partial charge is 0.478 e. The van der Waals surface area contributed by atoms with Crippen LogP contribution in [0.2, 0.25) is 0 Å². The van der Waals surface area contributed by atoms with Gasteiger partial charge in [0.15, 0.2) is 0 Å². The van der Waals surface area contributed by atoms with Crippen molar-refractivity contribution < 1.29 is 32.3 Å². The molecule has 0 saturated carbocycles. The van der Waals surface area contributed by atoms with E-state index in [1.165, 1.54) is 12.1 Å². The third-order valence-electron chi connectivity index (χ3n) is 5.83. The first-order valence-electron chi connectivity index (χ1n) is 9.83. The van der Waals surface area contributed by atoms with Gasteiger partial charge in [0.1, 0.15) is 11.2 Å². The Morgan fingerprint density at radius 1 is 1.19 bits per heavy atom. The zero-order valence-electron chi connectivity index (χ0n) is 17.0. The number of carboxylic acids is 1. The number of hydrogen-bond donors (Lipinski definition) is 1. The summed E-state index contributed by atoms with van der Waals surface area (Å²) in [4.78, 5) is 26.2. The van der Waals surface area contributed by atoms with Crippen LogP contribution in [0.1, 0.15) is 34.8 Å². The van der Waals surface area contributed by atoms with Crippen molar-refractivity contribution >= 4 is 23.3 Å². The lowest BCUT2D eigenvalue weighted by Gasteiger charge is -2.37. The first-order valence-corrected chi connectivity index (χ1v) is 9.83. The van der Waals surface area contributed by atoms with Crippen LogP contribution in [-0.4, -0.2) is 40.7 Å². The zero-order chi connectivity index (χ0) is 23.3. The second-order valence-corrected chi connectivity index (χ2v) is 8.12. The highest BCUT2D eigenvalue weighted by molar-refractivity contribution is 6.19. The number of amides is 1. The number of hydrogen-bond acceptors (Lipinski definition) is 4. The first-order chi connectivity index (χ1) is 15.0. The maximum absolute atomic E-state index is 13.6. The van der Waals surface area contributed by atoms with Gasteiger partial charge < -0.3 is 5.11 Å².